The van der Waals surface area contributed by atoms with Gasteiger partial charge in [0.05, 0.1) is 11.3 Å². The van der Waals surface area contributed by atoms with E-state index in [0.29, 0.717) is 5.56 Å². The highest BCUT2D eigenvalue weighted by Gasteiger charge is 2.14. The van der Waals surface area contributed by atoms with Crippen LogP contribution >= 0.6 is 0 Å². The molecule has 2 rings (SSSR count). The van der Waals surface area contributed by atoms with Crippen molar-refractivity contribution < 1.29 is 19.8 Å². The number of carbonyl (C=O) groups excluding carboxylic acids is 1. The Bertz CT molecular complexity index is 677. The van der Waals surface area contributed by atoms with Crippen molar-refractivity contribution in [3.8, 4) is 5.75 Å². The fourth-order valence-electron chi connectivity index (χ4n) is 1.90. The average Bonchev–Trinajstić information content (AvgIpc) is 2.49. The molecule has 0 bridgehead atoms. The van der Waals surface area contributed by atoms with E-state index in [9.17, 15) is 14.7 Å². The summed E-state index contributed by atoms with van der Waals surface area (Å²) in [7, 11) is 0. The predicted molar refractivity (Wildman–Crippen MR) is 78.8 cm³/mol. The number of aromatic hydroxyl groups is 1. The van der Waals surface area contributed by atoms with Crippen LogP contribution in [0, 0.1) is 0 Å². The summed E-state index contributed by atoms with van der Waals surface area (Å²) in [6.45, 7) is 2.02. The van der Waals surface area contributed by atoms with Crippen molar-refractivity contribution in [3.05, 3.63) is 59.2 Å². The van der Waals surface area contributed by atoms with Gasteiger partial charge in [-0.15, -0.1) is 0 Å². The monoisotopic (exact) mass is 285 g/mol. The quantitative estimate of drug-likeness (QED) is 0.754. The lowest BCUT2D eigenvalue weighted by atomic mass is 10.1. The van der Waals surface area contributed by atoms with E-state index in [1.165, 1.54) is 12.1 Å². The summed E-state index contributed by atoms with van der Waals surface area (Å²) in [5.74, 6) is -1.79. The van der Waals surface area contributed by atoms with Crippen molar-refractivity contribution in [2.45, 2.75) is 13.3 Å². The zero-order valence-corrected chi connectivity index (χ0v) is 11.5. The number of aryl methyl sites for hydroxylation is 1. The predicted octanol–water partition coefficient (Wildman–Crippen LogP) is 2.91. The molecule has 0 spiro atoms. The lowest BCUT2D eigenvalue weighted by Crippen LogP contribution is -2.14. The van der Waals surface area contributed by atoms with E-state index in [1.807, 2.05) is 19.1 Å². The third-order valence-electron chi connectivity index (χ3n) is 3.11. The van der Waals surface area contributed by atoms with Crippen LogP contribution in [-0.4, -0.2) is 22.1 Å². The van der Waals surface area contributed by atoms with Crippen molar-refractivity contribution in [1.82, 2.24) is 0 Å². The van der Waals surface area contributed by atoms with Crippen LogP contribution in [0.4, 0.5) is 5.69 Å². The summed E-state index contributed by atoms with van der Waals surface area (Å²) in [4.78, 5) is 23.2. The first-order chi connectivity index (χ1) is 10.0. The number of hydrogen-bond donors (Lipinski definition) is 3. The van der Waals surface area contributed by atoms with E-state index in [-0.39, 0.29) is 17.0 Å². The maximum Gasteiger partial charge on any atom is 0.337 e. The summed E-state index contributed by atoms with van der Waals surface area (Å²) in [5, 5.41) is 20.9. The first-order valence-electron chi connectivity index (χ1n) is 6.48. The van der Waals surface area contributed by atoms with Crippen molar-refractivity contribution >= 4 is 17.6 Å². The lowest BCUT2D eigenvalue weighted by Gasteiger charge is -2.09. The van der Waals surface area contributed by atoms with Crippen molar-refractivity contribution in [2.75, 3.05) is 5.32 Å². The highest BCUT2D eigenvalue weighted by Crippen LogP contribution is 2.22. The molecule has 0 radical (unpaired) electrons. The average molecular weight is 285 g/mol. The van der Waals surface area contributed by atoms with E-state index in [0.717, 1.165) is 18.1 Å². The van der Waals surface area contributed by atoms with E-state index >= 15 is 0 Å². The minimum atomic E-state index is -1.22. The van der Waals surface area contributed by atoms with Crippen LogP contribution in [0.15, 0.2) is 42.5 Å². The van der Waals surface area contributed by atoms with Crippen molar-refractivity contribution in [2.24, 2.45) is 0 Å². The smallest absolute Gasteiger partial charge is 0.337 e. The number of anilines is 1. The van der Waals surface area contributed by atoms with Gasteiger partial charge in [-0.05, 0) is 42.3 Å². The summed E-state index contributed by atoms with van der Waals surface area (Å²) >= 11 is 0. The van der Waals surface area contributed by atoms with Crippen LogP contribution in [0.3, 0.4) is 0 Å². The number of phenolic OH excluding ortho intramolecular Hbond substituents is 1. The second kappa shape index (κ2) is 6.09. The molecule has 0 heterocycles. The Morgan fingerprint density at radius 1 is 1.10 bits per heavy atom. The standard InChI is InChI=1S/C16H15NO4/c1-2-10-3-5-11(6-4-10)15(19)17-14-8-7-12(18)9-13(14)16(20)21/h3-9,18H,2H2,1H3,(H,17,19)(H,20,21). The first-order valence-corrected chi connectivity index (χ1v) is 6.48. The van der Waals surface area contributed by atoms with Crippen LogP contribution in [0.2, 0.25) is 0 Å². The number of benzene rings is 2. The number of amides is 1. The molecule has 108 valence electrons. The Hall–Kier alpha value is -2.82. The minimum Gasteiger partial charge on any atom is -0.508 e. The zero-order valence-electron chi connectivity index (χ0n) is 11.5. The van der Waals surface area contributed by atoms with Gasteiger partial charge in [-0.25, -0.2) is 4.79 Å². The molecular formula is C16H15NO4. The molecule has 2 aromatic carbocycles. The van der Waals surface area contributed by atoms with Gasteiger partial charge in [-0.3, -0.25) is 4.79 Å². The van der Waals surface area contributed by atoms with Gasteiger partial charge in [0.2, 0.25) is 0 Å². The molecule has 0 aliphatic rings. The number of hydrogen-bond acceptors (Lipinski definition) is 3. The zero-order chi connectivity index (χ0) is 15.4. The Kier molecular flexibility index (Phi) is 4.23. The molecule has 2 aromatic rings. The molecule has 0 aliphatic heterocycles. The molecule has 0 aromatic heterocycles. The van der Waals surface area contributed by atoms with E-state index in [2.05, 4.69) is 5.32 Å². The Morgan fingerprint density at radius 3 is 2.33 bits per heavy atom. The van der Waals surface area contributed by atoms with Crippen LogP contribution in [0.1, 0.15) is 33.2 Å². The normalized spacial score (nSPS) is 10.1. The van der Waals surface area contributed by atoms with Crippen LogP contribution in [-0.2, 0) is 6.42 Å². The lowest BCUT2D eigenvalue weighted by molar-refractivity contribution is 0.0697. The molecule has 0 fully saturated rings. The van der Waals surface area contributed by atoms with Crippen molar-refractivity contribution in [3.63, 3.8) is 0 Å². The molecular weight excluding hydrogens is 270 g/mol. The third kappa shape index (κ3) is 3.39. The van der Waals surface area contributed by atoms with Gasteiger partial charge >= 0.3 is 5.97 Å². The fraction of sp³-hybridized carbons (Fsp3) is 0.125. The number of rotatable bonds is 4. The molecule has 0 atom stereocenters. The maximum absolute atomic E-state index is 12.1. The Balaban J connectivity index is 2.24. The van der Waals surface area contributed by atoms with Crippen LogP contribution in [0.25, 0.3) is 0 Å². The fourth-order valence-corrected chi connectivity index (χ4v) is 1.90. The second-order valence-corrected chi connectivity index (χ2v) is 4.54. The van der Waals surface area contributed by atoms with Gasteiger partial charge in [0, 0.05) is 5.56 Å². The summed E-state index contributed by atoms with van der Waals surface area (Å²) in [5.41, 5.74) is 1.54. The first kappa shape index (κ1) is 14.6. The maximum atomic E-state index is 12.1. The molecule has 0 saturated carbocycles. The number of nitrogens with one attached hydrogen (secondary N) is 1. The van der Waals surface area contributed by atoms with Crippen molar-refractivity contribution in [1.29, 1.82) is 0 Å². The molecule has 1 amide bonds. The van der Waals surface area contributed by atoms with Gasteiger partial charge in [0.15, 0.2) is 0 Å². The highest BCUT2D eigenvalue weighted by atomic mass is 16.4. The molecule has 0 unspecified atom stereocenters. The number of aromatic carboxylic acids is 1. The summed E-state index contributed by atoms with van der Waals surface area (Å²) < 4.78 is 0. The van der Waals surface area contributed by atoms with Crippen LogP contribution < -0.4 is 5.32 Å². The van der Waals surface area contributed by atoms with Gasteiger partial charge in [0.1, 0.15) is 5.75 Å². The number of carbonyl (C=O) groups is 2. The minimum absolute atomic E-state index is 0.143. The molecule has 5 heteroatoms. The number of carboxylic acids is 1. The van der Waals surface area contributed by atoms with Gasteiger partial charge in [-0.2, -0.15) is 0 Å². The third-order valence-corrected chi connectivity index (χ3v) is 3.11. The topological polar surface area (TPSA) is 86.6 Å². The Morgan fingerprint density at radius 2 is 1.76 bits per heavy atom. The van der Waals surface area contributed by atoms with Gasteiger partial charge < -0.3 is 15.5 Å². The molecule has 5 nitrogen and oxygen atoms in total. The van der Waals surface area contributed by atoms with Gasteiger partial charge in [-0.1, -0.05) is 19.1 Å². The van der Waals surface area contributed by atoms with E-state index in [4.69, 9.17) is 5.11 Å². The molecule has 3 N–H and O–H groups in total. The largest absolute Gasteiger partial charge is 0.508 e. The van der Waals surface area contributed by atoms with Crippen LogP contribution in [0.5, 0.6) is 5.75 Å². The second-order valence-electron chi connectivity index (χ2n) is 4.54. The van der Waals surface area contributed by atoms with Gasteiger partial charge in [0.25, 0.3) is 5.91 Å². The highest BCUT2D eigenvalue weighted by molar-refractivity contribution is 6.07. The SMILES string of the molecule is CCc1ccc(C(=O)Nc2ccc(O)cc2C(=O)O)cc1. The summed E-state index contributed by atoms with van der Waals surface area (Å²) in [6.07, 6.45) is 0.878. The van der Waals surface area contributed by atoms with E-state index in [1.54, 1.807) is 12.1 Å². The molecule has 0 aliphatic carbocycles. The Labute approximate surface area is 121 Å². The number of phenols is 1. The molecule has 0 saturated heterocycles. The summed E-state index contributed by atoms with van der Waals surface area (Å²) in [6, 6.07) is 10.9. The number of carboxylic acid groups (broad SMARTS) is 1. The molecule has 21 heavy (non-hydrogen) atoms. The van der Waals surface area contributed by atoms with E-state index < -0.39 is 11.9 Å².